The van der Waals surface area contributed by atoms with Crippen LogP contribution in [0.2, 0.25) is 0 Å². The highest BCUT2D eigenvalue weighted by atomic mass is 19.4. The topological polar surface area (TPSA) is 58.4 Å². The molecule has 0 aliphatic rings. The summed E-state index contributed by atoms with van der Waals surface area (Å²) in [7, 11) is 0. The molecular weight excluding hydrogens is 486 g/mol. The molecule has 1 amide bonds. The third kappa shape index (κ3) is 7.27. The summed E-state index contributed by atoms with van der Waals surface area (Å²) < 4.78 is 57.7. The van der Waals surface area contributed by atoms with E-state index in [1.807, 2.05) is 42.2 Å². The molecule has 1 aromatic heterocycles. The number of amides is 1. The Bertz CT molecular complexity index is 1300. The number of aromatic nitrogens is 1. The number of hydrogen-bond acceptors (Lipinski definition) is 4. The molecule has 1 N–H and O–H groups in total. The van der Waals surface area contributed by atoms with Crippen molar-refractivity contribution >= 4 is 5.91 Å². The number of oxazole rings is 1. The zero-order chi connectivity index (χ0) is 26.4. The zero-order valence-corrected chi connectivity index (χ0v) is 20.0. The van der Waals surface area contributed by atoms with E-state index in [9.17, 15) is 22.4 Å². The molecule has 37 heavy (non-hydrogen) atoms. The van der Waals surface area contributed by atoms with Crippen molar-refractivity contribution < 1.29 is 26.8 Å². The van der Waals surface area contributed by atoms with Crippen LogP contribution in [0.4, 0.5) is 17.6 Å². The van der Waals surface area contributed by atoms with Gasteiger partial charge in [0.25, 0.3) is 5.91 Å². The normalized spacial score (nSPS) is 12.5. The SMILES string of the molecule is CC(NC(=O)c1coc(CN(Cc2ccc(F)cc2)Cc2ccc(C(F)(F)F)cc2)n1)c1ccccc1. The van der Waals surface area contributed by atoms with E-state index in [2.05, 4.69) is 10.3 Å². The van der Waals surface area contributed by atoms with Crippen LogP contribution < -0.4 is 5.32 Å². The van der Waals surface area contributed by atoms with Gasteiger partial charge in [-0.2, -0.15) is 13.2 Å². The summed E-state index contributed by atoms with van der Waals surface area (Å²) in [6, 6.07) is 20.1. The van der Waals surface area contributed by atoms with Gasteiger partial charge >= 0.3 is 6.18 Å². The van der Waals surface area contributed by atoms with Gasteiger partial charge in [0.1, 0.15) is 12.1 Å². The van der Waals surface area contributed by atoms with Crippen molar-refractivity contribution in [1.82, 2.24) is 15.2 Å². The minimum absolute atomic E-state index is 0.119. The van der Waals surface area contributed by atoms with E-state index in [0.717, 1.165) is 23.3 Å². The van der Waals surface area contributed by atoms with Crippen molar-refractivity contribution in [2.24, 2.45) is 0 Å². The molecule has 5 nitrogen and oxygen atoms in total. The van der Waals surface area contributed by atoms with Gasteiger partial charge in [0, 0.05) is 13.1 Å². The summed E-state index contributed by atoms with van der Waals surface area (Å²) in [5.41, 5.74) is 1.79. The van der Waals surface area contributed by atoms with Gasteiger partial charge in [-0.25, -0.2) is 9.37 Å². The molecule has 0 spiro atoms. The first-order valence-corrected chi connectivity index (χ1v) is 11.6. The van der Waals surface area contributed by atoms with Crippen LogP contribution in [-0.2, 0) is 25.8 Å². The number of benzene rings is 3. The maximum Gasteiger partial charge on any atom is 0.416 e. The van der Waals surface area contributed by atoms with E-state index < -0.39 is 11.7 Å². The van der Waals surface area contributed by atoms with Gasteiger partial charge in [-0.1, -0.05) is 54.6 Å². The van der Waals surface area contributed by atoms with Crippen LogP contribution >= 0.6 is 0 Å². The smallest absolute Gasteiger partial charge is 0.416 e. The maximum atomic E-state index is 13.4. The molecular formula is C28H25F4N3O2. The first kappa shape index (κ1) is 26.1. The largest absolute Gasteiger partial charge is 0.447 e. The van der Waals surface area contributed by atoms with Crippen molar-refractivity contribution in [1.29, 1.82) is 0 Å². The van der Waals surface area contributed by atoms with Gasteiger partial charge in [-0.3, -0.25) is 9.69 Å². The Morgan fingerprint density at radius 3 is 2.11 bits per heavy atom. The number of rotatable bonds is 9. The van der Waals surface area contributed by atoms with Crippen molar-refractivity contribution in [3.63, 3.8) is 0 Å². The van der Waals surface area contributed by atoms with Crippen LogP contribution in [0.15, 0.2) is 89.5 Å². The van der Waals surface area contributed by atoms with Gasteiger partial charge < -0.3 is 9.73 Å². The molecule has 4 aromatic rings. The molecule has 192 valence electrons. The summed E-state index contributed by atoms with van der Waals surface area (Å²) in [5.74, 6) is -0.489. The molecule has 0 fully saturated rings. The van der Waals surface area contributed by atoms with Crippen LogP contribution in [0.3, 0.4) is 0 Å². The molecule has 1 atom stereocenters. The summed E-state index contributed by atoms with van der Waals surface area (Å²) in [6.07, 6.45) is -3.14. The van der Waals surface area contributed by atoms with Gasteiger partial charge in [-0.15, -0.1) is 0 Å². The van der Waals surface area contributed by atoms with Gasteiger partial charge in [0.2, 0.25) is 5.89 Å². The van der Waals surface area contributed by atoms with E-state index in [-0.39, 0.29) is 42.4 Å². The average Bonchev–Trinajstić information content (AvgIpc) is 3.34. The van der Waals surface area contributed by atoms with Crippen molar-refractivity contribution in [2.45, 2.75) is 38.8 Å². The number of carbonyl (C=O) groups is 1. The Hall–Kier alpha value is -3.98. The van der Waals surface area contributed by atoms with Crippen LogP contribution in [0.1, 0.15) is 51.6 Å². The predicted molar refractivity (Wildman–Crippen MR) is 130 cm³/mol. The third-order valence-electron chi connectivity index (χ3n) is 5.80. The van der Waals surface area contributed by atoms with E-state index in [1.165, 1.54) is 30.5 Å². The molecule has 0 aliphatic heterocycles. The minimum Gasteiger partial charge on any atom is -0.447 e. The maximum absolute atomic E-state index is 13.4. The fourth-order valence-electron chi connectivity index (χ4n) is 3.85. The summed E-state index contributed by atoms with van der Waals surface area (Å²) >= 11 is 0. The number of alkyl halides is 3. The lowest BCUT2D eigenvalue weighted by Crippen LogP contribution is -2.27. The Labute approximate surface area is 211 Å². The zero-order valence-electron chi connectivity index (χ0n) is 20.0. The number of nitrogens with one attached hydrogen (secondary N) is 1. The number of halogens is 4. The van der Waals surface area contributed by atoms with Gasteiger partial charge in [0.05, 0.1) is 18.2 Å². The number of nitrogens with zero attached hydrogens (tertiary/aromatic N) is 2. The van der Waals surface area contributed by atoms with Crippen LogP contribution in [0.25, 0.3) is 0 Å². The summed E-state index contributed by atoms with van der Waals surface area (Å²) in [4.78, 5) is 18.9. The standard InChI is InChI=1S/C28H25F4N3O2/c1-19(22-5-3-2-4-6-22)33-27(36)25-18-37-26(34-25)17-35(16-21-9-13-24(29)14-10-21)15-20-7-11-23(12-8-20)28(30,31)32/h2-14,18-19H,15-17H2,1H3,(H,33,36). The molecule has 4 rings (SSSR count). The lowest BCUT2D eigenvalue weighted by molar-refractivity contribution is -0.137. The lowest BCUT2D eigenvalue weighted by atomic mass is 10.1. The fraction of sp³-hybridized carbons (Fsp3) is 0.214. The molecule has 0 bridgehead atoms. The van der Waals surface area contributed by atoms with Gasteiger partial charge in [0.15, 0.2) is 5.69 Å². The molecule has 3 aromatic carbocycles. The molecule has 0 saturated heterocycles. The van der Waals surface area contributed by atoms with Crippen LogP contribution in [0, 0.1) is 5.82 Å². The monoisotopic (exact) mass is 511 g/mol. The highest BCUT2D eigenvalue weighted by molar-refractivity contribution is 5.92. The minimum atomic E-state index is -4.42. The quantitative estimate of drug-likeness (QED) is 0.260. The van der Waals surface area contributed by atoms with Gasteiger partial charge in [-0.05, 0) is 47.9 Å². The van der Waals surface area contributed by atoms with Crippen molar-refractivity contribution in [2.75, 3.05) is 0 Å². The van der Waals surface area contributed by atoms with Crippen molar-refractivity contribution in [3.05, 3.63) is 125 Å². The fourth-order valence-corrected chi connectivity index (χ4v) is 3.85. The van der Waals surface area contributed by atoms with E-state index in [1.54, 1.807) is 12.1 Å². The first-order chi connectivity index (χ1) is 17.7. The van der Waals surface area contributed by atoms with E-state index in [0.29, 0.717) is 12.1 Å². The highest BCUT2D eigenvalue weighted by Gasteiger charge is 2.30. The second-order valence-corrected chi connectivity index (χ2v) is 8.70. The van der Waals surface area contributed by atoms with E-state index >= 15 is 0 Å². The second-order valence-electron chi connectivity index (χ2n) is 8.70. The highest BCUT2D eigenvalue weighted by Crippen LogP contribution is 2.29. The summed E-state index contributed by atoms with van der Waals surface area (Å²) in [6.45, 7) is 2.68. The lowest BCUT2D eigenvalue weighted by Gasteiger charge is -2.21. The number of carbonyl (C=O) groups excluding carboxylic acids is 1. The van der Waals surface area contributed by atoms with Crippen LogP contribution in [0.5, 0.6) is 0 Å². The summed E-state index contributed by atoms with van der Waals surface area (Å²) in [5, 5.41) is 2.88. The van der Waals surface area contributed by atoms with Crippen LogP contribution in [-0.4, -0.2) is 15.8 Å². The third-order valence-corrected chi connectivity index (χ3v) is 5.80. The Morgan fingerprint density at radius 2 is 1.51 bits per heavy atom. The molecule has 0 saturated carbocycles. The molecule has 1 unspecified atom stereocenters. The Kier molecular flexibility index (Phi) is 8.03. The molecule has 0 radical (unpaired) electrons. The predicted octanol–water partition coefficient (Wildman–Crippen LogP) is 6.53. The number of hydrogen-bond donors (Lipinski definition) is 1. The molecule has 9 heteroatoms. The molecule has 1 heterocycles. The average molecular weight is 512 g/mol. The first-order valence-electron chi connectivity index (χ1n) is 11.6. The molecule has 0 aliphatic carbocycles. The Morgan fingerprint density at radius 1 is 0.919 bits per heavy atom. The van der Waals surface area contributed by atoms with E-state index in [4.69, 9.17) is 4.42 Å². The second kappa shape index (κ2) is 11.4. The Balaban J connectivity index is 1.47. The van der Waals surface area contributed by atoms with Crippen molar-refractivity contribution in [3.8, 4) is 0 Å².